The van der Waals surface area contributed by atoms with E-state index in [4.69, 9.17) is 5.26 Å². The van der Waals surface area contributed by atoms with Crippen molar-refractivity contribution in [1.82, 2.24) is 0 Å². The topological polar surface area (TPSA) is 23.8 Å². The van der Waals surface area contributed by atoms with Gasteiger partial charge in [0.25, 0.3) is 0 Å². The van der Waals surface area contributed by atoms with E-state index in [0.29, 0.717) is 0 Å². The molecule has 0 radical (unpaired) electrons. The minimum atomic E-state index is 0.721. The van der Waals surface area contributed by atoms with Crippen molar-refractivity contribution in [3.05, 3.63) is 95.1 Å². The molecule has 0 heterocycles. The Hall–Kier alpha value is -2.85. The molecule has 0 bridgehead atoms. The number of nitrogens with zero attached hydrogens (tertiary/aromatic N) is 1. The third kappa shape index (κ3) is 4.83. The second-order valence-corrected chi connectivity index (χ2v) is 6.81. The van der Waals surface area contributed by atoms with Crippen molar-refractivity contribution in [1.29, 1.82) is 5.26 Å². The standard InChI is InChI=1S/C25H25N/c1-2-3-4-20-11-15-24(16-12-20)25-17-13-22(14-18-25)6-5-21-7-9-23(19-26)10-8-21/h7-18H,2-6H2,1H3. The average Bonchev–Trinajstić information content (AvgIpc) is 2.72. The Kier molecular flexibility index (Phi) is 6.23. The van der Waals surface area contributed by atoms with E-state index < -0.39 is 0 Å². The van der Waals surface area contributed by atoms with Gasteiger partial charge in [0, 0.05) is 0 Å². The van der Waals surface area contributed by atoms with Crippen LogP contribution in [0, 0.1) is 11.3 Å². The molecule has 26 heavy (non-hydrogen) atoms. The quantitative estimate of drug-likeness (QED) is 0.492. The normalized spacial score (nSPS) is 10.5. The van der Waals surface area contributed by atoms with Gasteiger partial charge < -0.3 is 0 Å². The molecule has 0 saturated heterocycles. The molecular weight excluding hydrogens is 314 g/mol. The van der Waals surface area contributed by atoms with Gasteiger partial charge >= 0.3 is 0 Å². The summed E-state index contributed by atoms with van der Waals surface area (Å²) in [6.45, 7) is 2.23. The summed E-state index contributed by atoms with van der Waals surface area (Å²) in [6, 6.07) is 27.9. The highest BCUT2D eigenvalue weighted by Crippen LogP contribution is 2.21. The van der Waals surface area contributed by atoms with Gasteiger partial charge in [0.2, 0.25) is 0 Å². The summed E-state index contributed by atoms with van der Waals surface area (Å²) in [5.41, 5.74) is 7.32. The Bertz CT molecular complexity index is 850. The largest absolute Gasteiger partial charge is 0.192 e. The van der Waals surface area contributed by atoms with Gasteiger partial charge in [-0.15, -0.1) is 0 Å². The van der Waals surface area contributed by atoms with Gasteiger partial charge in [-0.05, 0) is 65.6 Å². The molecule has 3 aromatic rings. The van der Waals surface area contributed by atoms with Crippen LogP contribution in [0.15, 0.2) is 72.8 Å². The van der Waals surface area contributed by atoms with Crippen LogP contribution in [0.2, 0.25) is 0 Å². The van der Waals surface area contributed by atoms with Crippen molar-refractivity contribution >= 4 is 0 Å². The van der Waals surface area contributed by atoms with Gasteiger partial charge in [-0.25, -0.2) is 0 Å². The molecule has 3 aromatic carbocycles. The lowest BCUT2D eigenvalue weighted by Gasteiger charge is -2.07. The van der Waals surface area contributed by atoms with Crippen LogP contribution >= 0.6 is 0 Å². The van der Waals surface area contributed by atoms with Crippen molar-refractivity contribution < 1.29 is 0 Å². The van der Waals surface area contributed by atoms with Gasteiger partial charge in [0.1, 0.15) is 0 Å². The second-order valence-electron chi connectivity index (χ2n) is 6.81. The van der Waals surface area contributed by atoms with Crippen molar-refractivity contribution in [3.8, 4) is 17.2 Å². The molecule has 130 valence electrons. The summed E-state index contributed by atoms with van der Waals surface area (Å²) >= 11 is 0. The van der Waals surface area contributed by atoms with E-state index in [1.165, 1.54) is 47.1 Å². The van der Waals surface area contributed by atoms with Crippen LogP contribution < -0.4 is 0 Å². The van der Waals surface area contributed by atoms with Crippen LogP contribution in [0.25, 0.3) is 11.1 Å². The van der Waals surface area contributed by atoms with Crippen LogP contribution in [0.4, 0.5) is 0 Å². The van der Waals surface area contributed by atoms with E-state index >= 15 is 0 Å². The van der Waals surface area contributed by atoms with Crippen LogP contribution in [-0.4, -0.2) is 0 Å². The first kappa shape index (κ1) is 18.0. The first-order chi connectivity index (χ1) is 12.8. The Morgan fingerprint density at radius 2 is 1.04 bits per heavy atom. The number of aryl methyl sites for hydroxylation is 3. The third-order valence-corrected chi connectivity index (χ3v) is 4.85. The van der Waals surface area contributed by atoms with E-state index in [1.807, 2.05) is 24.3 Å². The van der Waals surface area contributed by atoms with Crippen molar-refractivity contribution in [3.63, 3.8) is 0 Å². The van der Waals surface area contributed by atoms with E-state index in [0.717, 1.165) is 18.4 Å². The zero-order valence-electron chi connectivity index (χ0n) is 15.4. The zero-order chi connectivity index (χ0) is 18.2. The predicted octanol–water partition coefficient (Wildman–Crippen LogP) is 6.35. The van der Waals surface area contributed by atoms with Crippen LogP contribution in [-0.2, 0) is 19.3 Å². The Labute approximate surface area is 156 Å². The average molecular weight is 339 g/mol. The molecule has 0 N–H and O–H groups in total. The van der Waals surface area contributed by atoms with E-state index in [-0.39, 0.29) is 0 Å². The van der Waals surface area contributed by atoms with Gasteiger partial charge in [0.05, 0.1) is 11.6 Å². The van der Waals surface area contributed by atoms with Gasteiger partial charge in [-0.2, -0.15) is 5.26 Å². The number of hydrogen-bond donors (Lipinski definition) is 0. The smallest absolute Gasteiger partial charge is 0.0991 e. The SMILES string of the molecule is CCCCc1ccc(-c2ccc(CCc3ccc(C#N)cc3)cc2)cc1. The predicted molar refractivity (Wildman–Crippen MR) is 109 cm³/mol. The van der Waals surface area contributed by atoms with Gasteiger partial charge in [0.15, 0.2) is 0 Å². The molecule has 0 fully saturated rings. The molecule has 0 aliphatic rings. The molecule has 0 atom stereocenters. The molecule has 1 heteroatoms. The molecule has 1 nitrogen and oxygen atoms in total. The second kappa shape index (κ2) is 9.02. The first-order valence-corrected chi connectivity index (χ1v) is 9.46. The number of hydrogen-bond acceptors (Lipinski definition) is 1. The van der Waals surface area contributed by atoms with Crippen molar-refractivity contribution in [2.75, 3.05) is 0 Å². The van der Waals surface area contributed by atoms with Gasteiger partial charge in [-0.1, -0.05) is 74.0 Å². The maximum absolute atomic E-state index is 8.86. The molecular formula is C25H25N. The minimum Gasteiger partial charge on any atom is -0.192 e. The number of unbranched alkanes of at least 4 members (excludes halogenated alkanes) is 1. The van der Waals surface area contributed by atoms with Crippen LogP contribution in [0.3, 0.4) is 0 Å². The summed E-state index contributed by atoms with van der Waals surface area (Å²) in [6.07, 6.45) is 5.68. The lowest BCUT2D eigenvalue weighted by molar-refractivity contribution is 0.795. The Morgan fingerprint density at radius 3 is 1.46 bits per heavy atom. The Balaban J connectivity index is 1.60. The molecule has 0 unspecified atom stereocenters. The monoisotopic (exact) mass is 339 g/mol. The summed E-state index contributed by atoms with van der Waals surface area (Å²) < 4.78 is 0. The molecule has 3 rings (SSSR count). The molecule has 0 aliphatic carbocycles. The Morgan fingerprint density at radius 1 is 0.615 bits per heavy atom. The summed E-state index contributed by atoms with van der Waals surface area (Å²) in [4.78, 5) is 0. The first-order valence-electron chi connectivity index (χ1n) is 9.46. The van der Waals surface area contributed by atoms with Crippen molar-refractivity contribution in [2.45, 2.75) is 39.0 Å². The lowest BCUT2D eigenvalue weighted by atomic mass is 9.98. The highest BCUT2D eigenvalue weighted by Gasteiger charge is 2.01. The third-order valence-electron chi connectivity index (χ3n) is 4.85. The molecule has 0 aromatic heterocycles. The minimum absolute atomic E-state index is 0.721. The molecule has 0 amide bonds. The highest BCUT2D eigenvalue weighted by molar-refractivity contribution is 5.64. The maximum Gasteiger partial charge on any atom is 0.0991 e. The molecule has 0 spiro atoms. The fraction of sp³-hybridized carbons (Fsp3) is 0.240. The molecule has 0 saturated carbocycles. The van der Waals surface area contributed by atoms with E-state index in [9.17, 15) is 0 Å². The highest BCUT2D eigenvalue weighted by atomic mass is 14.2. The van der Waals surface area contributed by atoms with Crippen LogP contribution in [0.1, 0.15) is 42.0 Å². The fourth-order valence-corrected chi connectivity index (χ4v) is 3.14. The van der Waals surface area contributed by atoms with Crippen LogP contribution in [0.5, 0.6) is 0 Å². The zero-order valence-corrected chi connectivity index (χ0v) is 15.4. The van der Waals surface area contributed by atoms with E-state index in [1.54, 1.807) is 0 Å². The lowest BCUT2D eigenvalue weighted by Crippen LogP contribution is -1.92. The molecule has 0 aliphatic heterocycles. The van der Waals surface area contributed by atoms with Crippen molar-refractivity contribution in [2.24, 2.45) is 0 Å². The number of rotatable bonds is 7. The summed E-state index contributed by atoms with van der Waals surface area (Å²) in [7, 11) is 0. The fourth-order valence-electron chi connectivity index (χ4n) is 3.14. The van der Waals surface area contributed by atoms with Gasteiger partial charge in [-0.3, -0.25) is 0 Å². The maximum atomic E-state index is 8.86. The summed E-state index contributed by atoms with van der Waals surface area (Å²) in [5, 5.41) is 8.86. The number of benzene rings is 3. The summed E-state index contributed by atoms with van der Waals surface area (Å²) in [5.74, 6) is 0. The van der Waals surface area contributed by atoms with E-state index in [2.05, 4.69) is 61.5 Å². The number of nitriles is 1.